The molecule has 2 N–H and O–H groups in total. The van der Waals surface area contributed by atoms with E-state index in [0.717, 1.165) is 49.8 Å². The van der Waals surface area contributed by atoms with Crippen molar-refractivity contribution in [3.63, 3.8) is 0 Å². The first-order valence-corrected chi connectivity index (χ1v) is 10.1. The van der Waals surface area contributed by atoms with Gasteiger partial charge in [0.05, 0.1) is 0 Å². The monoisotopic (exact) mass is 351 g/mol. The van der Waals surface area contributed by atoms with Gasteiger partial charge in [0.15, 0.2) is 0 Å². The van der Waals surface area contributed by atoms with Crippen LogP contribution in [-0.4, -0.2) is 31.7 Å². The second-order valence-corrected chi connectivity index (χ2v) is 8.36. The van der Waals surface area contributed by atoms with Gasteiger partial charge in [0, 0.05) is 31.2 Å². The molecule has 1 saturated carbocycles. The summed E-state index contributed by atoms with van der Waals surface area (Å²) in [6.07, 6.45) is 6.00. The van der Waals surface area contributed by atoms with Crippen molar-refractivity contribution in [2.45, 2.75) is 45.1 Å². The van der Waals surface area contributed by atoms with Crippen LogP contribution in [0.3, 0.4) is 0 Å². The normalized spacial score (nSPS) is 19.7. The van der Waals surface area contributed by atoms with Crippen molar-refractivity contribution in [1.29, 1.82) is 0 Å². The molecule has 1 aliphatic carbocycles. The van der Waals surface area contributed by atoms with Crippen molar-refractivity contribution in [3.8, 4) is 0 Å². The molecule has 1 aromatic carbocycles. The summed E-state index contributed by atoms with van der Waals surface area (Å²) in [7, 11) is -3.42. The molecule has 7 heteroatoms. The highest BCUT2D eigenvalue weighted by atomic mass is 32.2. The second kappa shape index (κ2) is 7.63. The fourth-order valence-corrected chi connectivity index (χ4v) is 4.11. The lowest BCUT2D eigenvalue weighted by Gasteiger charge is -2.20. The van der Waals surface area contributed by atoms with E-state index in [0.29, 0.717) is 13.1 Å². The minimum absolute atomic E-state index is 0.0737. The van der Waals surface area contributed by atoms with Gasteiger partial charge < -0.3 is 5.32 Å². The molecule has 0 unspecified atom stereocenters. The largest absolute Gasteiger partial charge is 0.326 e. The molecule has 24 heavy (non-hydrogen) atoms. The molecule has 6 nitrogen and oxygen atoms in total. The highest BCUT2D eigenvalue weighted by molar-refractivity contribution is 7.87. The third-order valence-electron chi connectivity index (χ3n) is 4.53. The van der Waals surface area contributed by atoms with Gasteiger partial charge >= 0.3 is 0 Å². The Hall–Kier alpha value is -1.44. The van der Waals surface area contributed by atoms with Crippen LogP contribution < -0.4 is 10.0 Å². The van der Waals surface area contributed by atoms with Crippen molar-refractivity contribution in [3.05, 3.63) is 29.8 Å². The number of hydrogen-bond acceptors (Lipinski definition) is 3. The van der Waals surface area contributed by atoms with Gasteiger partial charge in [0.2, 0.25) is 5.91 Å². The highest BCUT2D eigenvalue weighted by Gasteiger charge is 2.29. The predicted molar refractivity (Wildman–Crippen MR) is 93.6 cm³/mol. The molecular weight excluding hydrogens is 326 g/mol. The summed E-state index contributed by atoms with van der Waals surface area (Å²) in [6, 6.07) is 7.31. The zero-order valence-electron chi connectivity index (χ0n) is 13.8. The van der Waals surface area contributed by atoms with E-state index >= 15 is 0 Å². The molecule has 0 bridgehead atoms. The van der Waals surface area contributed by atoms with Crippen molar-refractivity contribution in [1.82, 2.24) is 9.03 Å². The van der Waals surface area contributed by atoms with E-state index in [1.807, 2.05) is 24.3 Å². The molecule has 0 aromatic heterocycles. The quantitative estimate of drug-likeness (QED) is 0.825. The molecule has 1 saturated heterocycles. The number of anilines is 1. The maximum Gasteiger partial charge on any atom is 0.279 e. The van der Waals surface area contributed by atoms with Gasteiger partial charge in [-0.3, -0.25) is 4.79 Å². The Morgan fingerprint density at radius 3 is 2.25 bits per heavy atom. The standard InChI is InChI=1S/C17H25N3O3S/c21-17(15-7-8-15)19-16-9-5-14(6-10-16)13-18-24(22,23)20-11-3-1-2-4-12-20/h5-6,9-10,15,18H,1-4,7-8,11-13H2,(H,19,21). The van der Waals surface area contributed by atoms with Crippen molar-refractivity contribution >= 4 is 21.8 Å². The Bertz CT molecular complexity index is 661. The minimum Gasteiger partial charge on any atom is -0.326 e. The fraction of sp³-hybridized carbons (Fsp3) is 0.588. The lowest BCUT2D eigenvalue weighted by molar-refractivity contribution is -0.117. The van der Waals surface area contributed by atoms with Gasteiger partial charge in [-0.1, -0.05) is 25.0 Å². The van der Waals surface area contributed by atoms with E-state index in [2.05, 4.69) is 10.0 Å². The van der Waals surface area contributed by atoms with Crippen molar-refractivity contribution in [2.75, 3.05) is 18.4 Å². The summed E-state index contributed by atoms with van der Waals surface area (Å²) in [5.74, 6) is 0.245. The first kappa shape index (κ1) is 17.4. The average Bonchev–Trinajstić information content (AvgIpc) is 3.40. The molecule has 0 spiro atoms. The van der Waals surface area contributed by atoms with E-state index in [-0.39, 0.29) is 18.4 Å². The van der Waals surface area contributed by atoms with Crippen LogP contribution in [0.4, 0.5) is 5.69 Å². The minimum atomic E-state index is -3.42. The van der Waals surface area contributed by atoms with E-state index in [9.17, 15) is 13.2 Å². The molecule has 1 aromatic rings. The summed E-state index contributed by atoms with van der Waals surface area (Å²) >= 11 is 0. The Labute approximate surface area is 143 Å². The predicted octanol–water partition coefficient (Wildman–Crippen LogP) is 2.25. The Morgan fingerprint density at radius 1 is 1.04 bits per heavy atom. The topological polar surface area (TPSA) is 78.5 Å². The lowest BCUT2D eigenvalue weighted by Crippen LogP contribution is -2.40. The smallest absolute Gasteiger partial charge is 0.279 e. The third-order valence-corrected chi connectivity index (χ3v) is 6.09. The number of nitrogens with zero attached hydrogens (tertiary/aromatic N) is 1. The van der Waals surface area contributed by atoms with E-state index in [4.69, 9.17) is 0 Å². The fourth-order valence-electron chi connectivity index (χ4n) is 2.84. The Morgan fingerprint density at radius 2 is 1.67 bits per heavy atom. The van der Waals surface area contributed by atoms with Gasteiger partial charge in [-0.15, -0.1) is 0 Å². The number of rotatable bonds is 6. The second-order valence-electron chi connectivity index (χ2n) is 6.60. The summed E-state index contributed by atoms with van der Waals surface area (Å²) in [5, 5.41) is 2.88. The molecule has 2 aliphatic rings. The summed E-state index contributed by atoms with van der Waals surface area (Å²) in [4.78, 5) is 11.7. The molecule has 1 amide bonds. The van der Waals surface area contributed by atoms with Gasteiger partial charge in [-0.25, -0.2) is 0 Å². The highest BCUT2D eigenvalue weighted by Crippen LogP contribution is 2.30. The zero-order chi connectivity index (χ0) is 17.0. The summed E-state index contributed by atoms with van der Waals surface area (Å²) in [6.45, 7) is 1.46. The van der Waals surface area contributed by atoms with Crippen LogP contribution in [-0.2, 0) is 21.5 Å². The average molecular weight is 351 g/mol. The van der Waals surface area contributed by atoms with Crippen LogP contribution in [0.1, 0.15) is 44.1 Å². The molecule has 0 atom stereocenters. The Balaban J connectivity index is 1.52. The number of carbonyl (C=O) groups is 1. The van der Waals surface area contributed by atoms with E-state index < -0.39 is 10.2 Å². The van der Waals surface area contributed by atoms with Gasteiger partial charge in [0.25, 0.3) is 10.2 Å². The number of nitrogens with one attached hydrogen (secondary N) is 2. The lowest BCUT2D eigenvalue weighted by atomic mass is 10.2. The molecule has 3 rings (SSSR count). The van der Waals surface area contributed by atoms with Crippen molar-refractivity contribution < 1.29 is 13.2 Å². The van der Waals surface area contributed by atoms with Crippen LogP contribution in [0.15, 0.2) is 24.3 Å². The summed E-state index contributed by atoms with van der Waals surface area (Å²) < 4.78 is 28.9. The number of amides is 1. The molecular formula is C17H25N3O3S. The van der Waals surface area contributed by atoms with E-state index in [1.54, 1.807) is 4.31 Å². The molecule has 0 radical (unpaired) electrons. The SMILES string of the molecule is O=C(Nc1ccc(CNS(=O)(=O)N2CCCCCC2)cc1)C1CC1. The number of carbonyl (C=O) groups excluding carboxylic acids is 1. The van der Waals surface area contributed by atoms with E-state index in [1.165, 1.54) is 0 Å². The van der Waals surface area contributed by atoms with Crippen LogP contribution >= 0.6 is 0 Å². The van der Waals surface area contributed by atoms with Crippen LogP contribution in [0.2, 0.25) is 0 Å². The molecule has 2 fully saturated rings. The van der Waals surface area contributed by atoms with Gasteiger partial charge in [0.1, 0.15) is 0 Å². The molecule has 132 valence electrons. The van der Waals surface area contributed by atoms with Gasteiger partial charge in [-0.05, 0) is 43.4 Å². The number of hydrogen-bond donors (Lipinski definition) is 2. The van der Waals surface area contributed by atoms with Crippen LogP contribution in [0.5, 0.6) is 0 Å². The maximum atomic E-state index is 12.4. The summed E-state index contributed by atoms with van der Waals surface area (Å²) in [5.41, 5.74) is 1.63. The molecule has 1 aliphatic heterocycles. The first-order chi connectivity index (χ1) is 11.5. The van der Waals surface area contributed by atoms with Crippen LogP contribution in [0.25, 0.3) is 0 Å². The van der Waals surface area contributed by atoms with Crippen molar-refractivity contribution in [2.24, 2.45) is 5.92 Å². The van der Waals surface area contributed by atoms with Gasteiger partial charge in [-0.2, -0.15) is 17.4 Å². The first-order valence-electron chi connectivity index (χ1n) is 8.69. The third kappa shape index (κ3) is 4.78. The number of benzene rings is 1. The zero-order valence-corrected chi connectivity index (χ0v) is 14.6. The Kier molecular flexibility index (Phi) is 5.53. The van der Waals surface area contributed by atoms with Crippen LogP contribution in [0, 0.1) is 5.92 Å². The molecule has 1 heterocycles. The maximum absolute atomic E-state index is 12.4.